The molecule has 8 nitrogen and oxygen atoms in total. The molecule has 4 heterocycles. The Morgan fingerprint density at radius 3 is 2.55 bits per heavy atom. The summed E-state index contributed by atoms with van der Waals surface area (Å²) in [5, 5.41) is 26.5. The summed E-state index contributed by atoms with van der Waals surface area (Å²) in [6.07, 6.45) is 3.57. The fourth-order valence-corrected chi connectivity index (χ4v) is 6.50. The summed E-state index contributed by atoms with van der Waals surface area (Å²) >= 11 is 0. The van der Waals surface area contributed by atoms with Crippen molar-refractivity contribution in [3.8, 4) is 22.9 Å². The normalized spacial score (nSPS) is 22.2. The molecular formula is C31H33FN4O4. The number of aliphatic hydroxyl groups excluding tert-OH is 1. The number of phenols is 1. The molecule has 2 bridgehead atoms. The first-order chi connectivity index (χ1) is 19.5. The summed E-state index contributed by atoms with van der Waals surface area (Å²) < 4.78 is 28.2. The lowest BCUT2D eigenvalue weighted by Gasteiger charge is -2.35. The Morgan fingerprint density at radius 1 is 1.00 bits per heavy atom. The Bertz CT molecular complexity index is 1560. The number of piperazine rings is 1. The summed E-state index contributed by atoms with van der Waals surface area (Å²) in [5.41, 5.74) is 0.693. The highest BCUT2D eigenvalue weighted by atomic mass is 19.1. The van der Waals surface area contributed by atoms with Crippen molar-refractivity contribution < 1.29 is 24.1 Å². The van der Waals surface area contributed by atoms with Gasteiger partial charge in [0.25, 0.3) is 0 Å². The van der Waals surface area contributed by atoms with Gasteiger partial charge in [0.1, 0.15) is 17.1 Å². The van der Waals surface area contributed by atoms with Crippen molar-refractivity contribution in [2.45, 2.75) is 37.8 Å². The zero-order valence-corrected chi connectivity index (χ0v) is 22.3. The van der Waals surface area contributed by atoms with Crippen LogP contribution >= 0.6 is 0 Å². The number of anilines is 1. The highest BCUT2D eigenvalue weighted by Crippen LogP contribution is 2.39. The lowest BCUT2D eigenvalue weighted by atomic mass is 9.82. The highest BCUT2D eigenvalue weighted by molar-refractivity contribution is 6.01. The van der Waals surface area contributed by atoms with Gasteiger partial charge in [-0.05, 0) is 60.2 Å². The van der Waals surface area contributed by atoms with Crippen molar-refractivity contribution in [2.75, 3.05) is 44.4 Å². The second kappa shape index (κ2) is 10.1. The number of rotatable bonds is 6. The molecule has 3 fully saturated rings. The quantitative estimate of drug-likeness (QED) is 0.329. The average molecular weight is 545 g/mol. The first kappa shape index (κ1) is 25.4. The second-order valence-corrected chi connectivity index (χ2v) is 11.5. The van der Waals surface area contributed by atoms with Crippen molar-refractivity contribution >= 4 is 27.5 Å². The number of hydrogen-bond acceptors (Lipinski definition) is 8. The van der Waals surface area contributed by atoms with Gasteiger partial charge in [0.2, 0.25) is 0 Å². The second-order valence-electron chi connectivity index (χ2n) is 11.5. The molecule has 208 valence electrons. The number of hydrogen-bond donors (Lipinski definition) is 3. The van der Waals surface area contributed by atoms with E-state index in [1.165, 1.54) is 0 Å². The van der Waals surface area contributed by atoms with Gasteiger partial charge in [-0.1, -0.05) is 30.3 Å². The molecule has 3 N–H and O–H groups in total. The minimum Gasteiger partial charge on any atom is -0.508 e. The zero-order valence-electron chi connectivity index (χ0n) is 22.3. The molecule has 3 aliphatic heterocycles. The van der Waals surface area contributed by atoms with E-state index in [-0.39, 0.29) is 30.5 Å². The Morgan fingerprint density at radius 2 is 1.77 bits per heavy atom. The van der Waals surface area contributed by atoms with E-state index in [1.54, 1.807) is 18.2 Å². The van der Waals surface area contributed by atoms with Crippen LogP contribution in [0.3, 0.4) is 0 Å². The molecule has 3 saturated heterocycles. The van der Waals surface area contributed by atoms with Crippen LogP contribution in [0.2, 0.25) is 0 Å². The van der Waals surface area contributed by atoms with Crippen LogP contribution in [0.1, 0.15) is 25.7 Å². The van der Waals surface area contributed by atoms with E-state index in [2.05, 4.69) is 15.2 Å². The van der Waals surface area contributed by atoms with Gasteiger partial charge in [0, 0.05) is 54.8 Å². The molecule has 40 heavy (non-hydrogen) atoms. The molecule has 3 aliphatic rings. The van der Waals surface area contributed by atoms with Gasteiger partial charge in [0.15, 0.2) is 5.82 Å². The number of nitrogens with one attached hydrogen (secondary N) is 1. The van der Waals surface area contributed by atoms with Crippen molar-refractivity contribution in [1.29, 1.82) is 0 Å². The van der Waals surface area contributed by atoms with E-state index >= 15 is 4.39 Å². The number of benzene rings is 3. The number of nitrogens with zero attached hydrogens (tertiary/aromatic N) is 3. The van der Waals surface area contributed by atoms with Crippen LogP contribution in [0.4, 0.5) is 10.2 Å². The molecule has 0 spiro atoms. The van der Waals surface area contributed by atoms with E-state index < -0.39 is 11.2 Å². The molecule has 9 heteroatoms. The van der Waals surface area contributed by atoms with E-state index in [4.69, 9.17) is 14.5 Å². The summed E-state index contributed by atoms with van der Waals surface area (Å²) in [5.74, 6) is 0.250. The molecule has 3 aromatic carbocycles. The van der Waals surface area contributed by atoms with Crippen LogP contribution < -0.4 is 15.0 Å². The molecule has 0 amide bonds. The largest absolute Gasteiger partial charge is 0.508 e. The predicted octanol–water partition coefficient (Wildman–Crippen LogP) is 4.40. The Labute approximate surface area is 231 Å². The van der Waals surface area contributed by atoms with Crippen LogP contribution in [-0.4, -0.2) is 71.8 Å². The molecule has 0 radical (unpaired) electrons. The van der Waals surface area contributed by atoms with Gasteiger partial charge < -0.3 is 29.9 Å². The van der Waals surface area contributed by atoms with Gasteiger partial charge >= 0.3 is 6.01 Å². The third-order valence-electron chi connectivity index (χ3n) is 8.82. The fourth-order valence-electron chi connectivity index (χ4n) is 6.50. The van der Waals surface area contributed by atoms with Crippen molar-refractivity contribution in [2.24, 2.45) is 5.41 Å². The van der Waals surface area contributed by atoms with Crippen LogP contribution in [0.15, 0.2) is 48.5 Å². The molecule has 1 aromatic heterocycles. The maximum absolute atomic E-state index is 16.5. The third-order valence-corrected chi connectivity index (χ3v) is 8.82. The minimum absolute atomic E-state index is 0.0267. The van der Waals surface area contributed by atoms with Crippen molar-refractivity contribution in [1.82, 2.24) is 15.3 Å². The highest BCUT2D eigenvalue weighted by Gasteiger charge is 2.35. The van der Waals surface area contributed by atoms with Crippen LogP contribution in [0.25, 0.3) is 32.8 Å². The predicted molar refractivity (Wildman–Crippen MR) is 151 cm³/mol. The van der Waals surface area contributed by atoms with Gasteiger partial charge in [-0.2, -0.15) is 9.97 Å². The first-order valence-corrected chi connectivity index (χ1v) is 14.1. The number of aliphatic hydroxyl groups is 1. The number of aromatic hydroxyl groups is 1. The monoisotopic (exact) mass is 544 g/mol. The average Bonchev–Trinajstić information content (AvgIpc) is 3.33. The van der Waals surface area contributed by atoms with Crippen LogP contribution in [-0.2, 0) is 4.74 Å². The molecule has 2 unspecified atom stereocenters. The first-order valence-electron chi connectivity index (χ1n) is 14.1. The number of halogens is 1. The Hall–Kier alpha value is -3.53. The number of fused-ring (bicyclic) bond motifs is 4. The Balaban J connectivity index is 1.35. The van der Waals surface area contributed by atoms with Gasteiger partial charge in [-0.25, -0.2) is 4.39 Å². The van der Waals surface area contributed by atoms with E-state index in [0.717, 1.165) is 36.7 Å². The summed E-state index contributed by atoms with van der Waals surface area (Å²) in [7, 11) is 0. The smallest absolute Gasteiger partial charge is 0.319 e. The van der Waals surface area contributed by atoms with E-state index in [0.29, 0.717) is 60.5 Å². The zero-order chi connectivity index (χ0) is 27.3. The lowest BCUT2D eigenvalue weighted by molar-refractivity contribution is -0.0409. The number of ether oxygens (including phenoxy) is 2. The fraction of sp³-hybridized carbons (Fsp3) is 0.419. The summed E-state index contributed by atoms with van der Waals surface area (Å²) in [6, 6.07) is 15.4. The third kappa shape index (κ3) is 4.52. The molecule has 7 rings (SSSR count). The van der Waals surface area contributed by atoms with Gasteiger partial charge in [-0.3, -0.25) is 0 Å². The van der Waals surface area contributed by atoms with E-state index in [9.17, 15) is 10.2 Å². The maximum Gasteiger partial charge on any atom is 0.319 e. The SMILES string of the molecule is OCC1(COc2nc(N3CC4CCC(C3)N4)c3ccc(-c4cc(O)cc5ccccc45)c(F)c3n2)CCOCC1. The number of aromatic nitrogens is 2. The minimum atomic E-state index is -0.484. The molecule has 4 aromatic rings. The summed E-state index contributed by atoms with van der Waals surface area (Å²) in [6.45, 7) is 2.88. The summed E-state index contributed by atoms with van der Waals surface area (Å²) in [4.78, 5) is 11.6. The van der Waals surface area contributed by atoms with Crippen molar-refractivity contribution in [3.63, 3.8) is 0 Å². The molecule has 2 atom stereocenters. The van der Waals surface area contributed by atoms with E-state index in [1.807, 2.05) is 30.3 Å². The van der Waals surface area contributed by atoms with Crippen LogP contribution in [0, 0.1) is 11.2 Å². The van der Waals surface area contributed by atoms with Crippen LogP contribution in [0.5, 0.6) is 11.8 Å². The Kier molecular flexibility index (Phi) is 6.45. The molecular weight excluding hydrogens is 511 g/mol. The molecule has 0 aliphatic carbocycles. The standard InChI is InChI=1S/C31H33FN4O4/c32-27-24(26-14-22(38)13-19-3-1-2-4-23(19)26)7-8-25-28(27)34-30(40-18-31(17-37)9-11-39-12-10-31)35-29(25)36-15-20-5-6-21(16-36)33-20/h1-4,7-8,13-14,20-21,33,37-38H,5-6,9-12,15-18H2. The van der Waals surface area contributed by atoms with Gasteiger partial charge in [0.05, 0.1) is 13.2 Å². The topological polar surface area (TPSA) is 100.0 Å². The maximum atomic E-state index is 16.5. The van der Waals surface area contributed by atoms with Gasteiger partial charge in [-0.15, -0.1) is 0 Å². The lowest BCUT2D eigenvalue weighted by Crippen LogP contribution is -2.51. The number of phenolic OH excluding ortho intramolecular Hbond substituents is 1. The molecule has 0 saturated carbocycles. The van der Waals surface area contributed by atoms with Crippen molar-refractivity contribution in [3.05, 3.63) is 54.3 Å².